The Hall–Kier alpha value is -2.31. The minimum absolute atomic E-state index is 0.0702. The molecule has 2 amide bonds. The molecular weight excluding hydrogens is 279 g/mol. The van der Waals surface area contributed by atoms with Gasteiger partial charge in [-0.1, -0.05) is 30.3 Å². The van der Waals surface area contributed by atoms with Gasteiger partial charge in [-0.2, -0.15) is 0 Å². The van der Waals surface area contributed by atoms with E-state index in [0.717, 1.165) is 10.5 Å². The van der Waals surface area contributed by atoms with Crippen LogP contribution >= 0.6 is 0 Å². The Morgan fingerprint density at radius 1 is 1.38 bits per heavy atom. The van der Waals surface area contributed by atoms with Crippen molar-refractivity contribution < 1.29 is 23.8 Å². The SMILES string of the molecule is O=C(NC1(CF)CCN(C(=O)O)C1)OCc1ccccc1. The van der Waals surface area contributed by atoms with E-state index in [0.29, 0.717) is 0 Å². The lowest BCUT2D eigenvalue weighted by atomic mass is 10.0. The van der Waals surface area contributed by atoms with Crippen LogP contribution in [0.15, 0.2) is 30.3 Å². The third kappa shape index (κ3) is 3.84. The predicted octanol–water partition coefficient (Wildman–Crippen LogP) is 2.00. The maximum atomic E-state index is 13.2. The van der Waals surface area contributed by atoms with E-state index in [1.807, 2.05) is 18.2 Å². The third-order valence-corrected chi connectivity index (χ3v) is 3.46. The summed E-state index contributed by atoms with van der Waals surface area (Å²) in [6.45, 7) is -0.633. The van der Waals surface area contributed by atoms with Crippen LogP contribution in [0, 0.1) is 0 Å². The van der Waals surface area contributed by atoms with Gasteiger partial charge in [0.2, 0.25) is 0 Å². The number of benzene rings is 1. The number of amides is 2. The molecule has 7 heteroatoms. The molecule has 1 atom stereocenters. The van der Waals surface area contributed by atoms with E-state index in [9.17, 15) is 14.0 Å². The van der Waals surface area contributed by atoms with Gasteiger partial charge in [0.15, 0.2) is 0 Å². The molecule has 1 saturated heterocycles. The average Bonchev–Trinajstić information content (AvgIpc) is 2.91. The van der Waals surface area contributed by atoms with Crippen LogP contribution in [0.25, 0.3) is 0 Å². The van der Waals surface area contributed by atoms with Crippen LogP contribution in [0.5, 0.6) is 0 Å². The summed E-state index contributed by atoms with van der Waals surface area (Å²) in [5.74, 6) is 0. The highest BCUT2D eigenvalue weighted by Gasteiger charge is 2.42. The number of nitrogens with zero attached hydrogens (tertiary/aromatic N) is 1. The van der Waals surface area contributed by atoms with Crippen LogP contribution in [-0.4, -0.2) is 47.5 Å². The fourth-order valence-electron chi connectivity index (χ4n) is 2.26. The molecule has 6 nitrogen and oxygen atoms in total. The molecule has 0 aliphatic carbocycles. The van der Waals surface area contributed by atoms with Crippen molar-refractivity contribution in [3.63, 3.8) is 0 Å². The summed E-state index contributed by atoms with van der Waals surface area (Å²) in [6.07, 6.45) is -1.63. The fraction of sp³-hybridized carbons (Fsp3) is 0.429. The molecule has 0 spiro atoms. The van der Waals surface area contributed by atoms with Crippen LogP contribution in [-0.2, 0) is 11.3 Å². The number of rotatable bonds is 4. The highest BCUT2D eigenvalue weighted by atomic mass is 19.1. The molecule has 1 aliphatic heterocycles. The molecule has 2 N–H and O–H groups in total. The maximum absolute atomic E-state index is 13.2. The lowest BCUT2D eigenvalue weighted by molar-refractivity contribution is 0.117. The molecular formula is C14H17FN2O4. The van der Waals surface area contributed by atoms with E-state index in [4.69, 9.17) is 9.84 Å². The summed E-state index contributed by atoms with van der Waals surface area (Å²) >= 11 is 0. The van der Waals surface area contributed by atoms with Crippen LogP contribution in [0.4, 0.5) is 14.0 Å². The molecule has 1 unspecified atom stereocenters. The second-order valence-corrected chi connectivity index (χ2v) is 5.05. The number of carboxylic acid groups (broad SMARTS) is 1. The second kappa shape index (κ2) is 6.43. The molecule has 1 fully saturated rings. The van der Waals surface area contributed by atoms with Crippen LogP contribution in [0.1, 0.15) is 12.0 Å². The first-order valence-electron chi connectivity index (χ1n) is 6.57. The maximum Gasteiger partial charge on any atom is 0.408 e. The number of likely N-dealkylation sites (tertiary alicyclic amines) is 1. The molecule has 2 rings (SSSR count). The monoisotopic (exact) mass is 296 g/mol. The highest BCUT2D eigenvalue weighted by Crippen LogP contribution is 2.22. The van der Waals surface area contributed by atoms with Gasteiger partial charge in [0.1, 0.15) is 13.3 Å². The molecule has 21 heavy (non-hydrogen) atoms. The van der Waals surface area contributed by atoms with Crippen molar-refractivity contribution in [1.82, 2.24) is 10.2 Å². The van der Waals surface area contributed by atoms with Gasteiger partial charge in [-0.3, -0.25) is 0 Å². The summed E-state index contributed by atoms with van der Waals surface area (Å²) in [6, 6.07) is 9.10. The lowest BCUT2D eigenvalue weighted by Gasteiger charge is -2.26. The van der Waals surface area contributed by atoms with Gasteiger partial charge in [0.25, 0.3) is 0 Å². The molecule has 1 aromatic carbocycles. The number of hydrogen-bond acceptors (Lipinski definition) is 3. The first kappa shape index (κ1) is 15.1. The Labute approximate surface area is 121 Å². The number of halogens is 1. The first-order valence-corrected chi connectivity index (χ1v) is 6.57. The number of nitrogens with one attached hydrogen (secondary N) is 1. The van der Waals surface area contributed by atoms with E-state index < -0.39 is 24.4 Å². The first-order chi connectivity index (χ1) is 10.0. The molecule has 114 valence electrons. The average molecular weight is 296 g/mol. The number of hydrogen-bond donors (Lipinski definition) is 2. The van der Waals surface area contributed by atoms with Crippen molar-refractivity contribution in [2.24, 2.45) is 0 Å². The standard InChI is InChI=1S/C14H17FN2O4/c15-9-14(6-7-17(10-14)13(19)20)16-12(18)21-8-11-4-2-1-3-5-11/h1-5H,6-10H2,(H,16,18)(H,19,20). The predicted molar refractivity (Wildman–Crippen MR) is 72.7 cm³/mol. The molecule has 0 radical (unpaired) electrons. The minimum atomic E-state index is -1.19. The quantitative estimate of drug-likeness (QED) is 0.890. The van der Waals surface area contributed by atoms with Crippen molar-refractivity contribution in [1.29, 1.82) is 0 Å². The van der Waals surface area contributed by atoms with E-state index in [1.165, 1.54) is 0 Å². The minimum Gasteiger partial charge on any atom is -0.465 e. The number of alkyl carbamates (subject to hydrolysis) is 1. The zero-order chi connectivity index (χ0) is 15.3. The van der Waals surface area contributed by atoms with Crippen molar-refractivity contribution in [2.75, 3.05) is 19.8 Å². The molecule has 1 aliphatic rings. The summed E-state index contributed by atoms with van der Waals surface area (Å²) < 4.78 is 18.3. The Balaban J connectivity index is 1.87. The topological polar surface area (TPSA) is 78.9 Å². The van der Waals surface area contributed by atoms with Gasteiger partial charge in [0.05, 0.1) is 5.54 Å². The molecule has 0 aromatic heterocycles. The summed E-state index contributed by atoms with van der Waals surface area (Å²) in [7, 11) is 0. The Morgan fingerprint density at radius 3 is 2.67 bits per heavy atom. The Kier molecular flexibility index (Phi) is 4.62. The highest BCUT2D eigenvalue weighted by molar-refractivity contribution is 5.70. The van der Waals surface area contributed by atoms with Gasteiger partial charge >= 0.3 is 12.2 Å². The molecule has 1 heterocycles. The van der Waals surface area contributed by atoms with Crippen LogP contribution < -0.4 is 5.32 Å². The van der Waals surface area contributed by atoms with Gasteiger partial charge < -0.3 is 20.1 Å². The Morgan fingerprint density at radius 2 is 2.10 bits per heavy atom. The summed E-state index contributed by atoms with van der Waals surface area (Å²) in [5.41, 5.74) is -0.368. The summed E-state index contributed by atoms with van der Waals surface area (Å²) in [5, 5.41) is 11.3. The summed E-state index contributed by atoms with van der Waals surface area (Å²) in [4.78, 5) is 23.7. The van der Waals surface area contributed by atoms with Gasteiger partial charge in [-0.05, 0) is 12.0 Å². The smallest absolute Gasteiger partial charge is 0.408 e. The third-order valence-electron chi connectivity index (χ3n) is 3.46. The van der Waals surface area contributed by atoms with E-state index >= 15 is 0 Å². The molecule has 0 saturated carbocycles. The Bertz CT molecular complexity index is 511. The van der Waals surface area contributed by atoms with E-state index in [1.54, 1.807) is 12.1 Å². The second-order valence-electron chi connectivity index (χ2n) is 5.05. The van der Waals surface area contributed by atoms with E-state index in [-0.39, 0.29) is 26.1 Å². The van der Waals surface area contributed by atoms with Crippen LogP contribution in [0.2, 0.25) is 0 Å². The fourth-order valence-corrected chi connectivity index (χ4v) is 2.26. The van der Waals surface area contributed by atoms with Crippen molar-refractivity contribution >= 4 is 12.2 Å². The van der Waals surface area contributed by atoms with Crippen molar-refractivity contribution in [3.05, 3.63) is 35.9 Å². The normalized spacial score (nSPS) is 21.1. The molecule has 0 bridgehead atoms. The van der Waals surface area contributed by atoms with Crippen molar-refractivity contribution in [2.45, 2.75) is 18.6 Å². The number of ether oxygens (including phenoxy) is 1. The van der Waals surface area contributed by atoms with Gasteiger partial charge in [-0.15, -0.1) is 0 Å². The zero-order valence-electron chi connectivity index (χ0n) is 11.4. The van der Waals surface area contributed by atoms with Crippen LogP contribution in [0.3, 0.4) is 0 Å². The number of alkyl halides is 1. The lowest BCUT2D eigenvalue weighted by Crippen LogP contribution is -2.52. The largest absolute Gasteiger partial charge is 0.465 e. The van der Waals surface area contributed by atoms with Crippen molar-refractivity contribution in [3.8, 4) is 0 Å². The number of carbonyl (C=O) groups is 2. The molecule has 1 aromatic rings. The zero-order valence-corrected chi connectivity index (χ0v) is 11.4. The van der Waals surface area contributed by atoms with E-state index in [2.05, 4.69) is 5.32 Å². The number of carbonyl (C=O) groups excluding carboxylic acids is 1. The van der Waals surface area contributed by atoms with Gasteiger partial charge in [0, 0.05) is 13.1 Å². The van der Waals surface area contributed by atoms with Gasteiger partial charge in [-0.25, -0.2) is 14.0 Å².